The van der Waals surface area contributed by atoms with Crippen molar-refractivity contribution in [2.45, 2.75) is 26.1 Å². The minimum atomic E-state index is -4.65. The first-order valence-corrected chi connectivity index (χ1v) is 7.21. The minimum Gasteiger partial charge on any atom is -0.480 e. The van der Waals surface area contributed by atoms with Crippen LogP contribution >= 0.6 is 0 Å². The Morgan fingerprint density at radius 1 is 1.24 bits per heavy atom. The molecule has 1 atom stereocenters. The van der Waals surface area contributed by atoms with Gasteiger partial charge in [0.1, 0.15) is 17.1 Å². The summed E-state index contributed by atoms with van der Waals surface area (Å²) in [6.07, 6.45) is -5.36. The molecule has 0 amide bonds. The Bertz CT molecular complexity index is 773. The Labute approximate surface area is 141 Å². The molecule has 1 aromatic carbocycles. The predicted octanol–water partition coefficient (Wildman–Crippen LogP) is 4.31. The molecule has 4 nitrogen and oxygen atoms in total. The number of carbonyl (C=O) groups excluding carboxylic acids is 1. The molecule has 1 aromatic heterocycles. The molecular weight excluding hydrogens is 342 g/mol. The second kappa shape index (κ2) is 7.08. The minimum absolute atomic E-state index is 0.0861. The lowest BCUT2D eigenvalue weighted by molar-refractivity contribution is -0.189. The standard InChI is InChI=1S/C17H15F4NO3/c1-9-4-5-14(22-8-9)11-7-15(25-10(2)17(19,20)21)12(6-13(11)18)16(23)24-3/h4-8,10H,1-3H3. The van der Waals surface area contributed by atoms with Crippen molar-refractivity contribution in [3.05, 3.63) is 47.4 Å². The third-order valence-corrected chi connectivity index (χ3v) is 3.43. The summed E-state index contributed by atoms with van der Waals surface area (Å²) < 4.78 is 62.0. The highest BCUT2D eigenvalue weighted by molar-refractivity contribution is 5.93. The van der Waals surface area contributed by atoms with E-state index in [0.29, 0.717) is 0 Å². The number of halogens is 4. The van der Waals surface area contributed by atoms with Crippen molar-refractivity contribution in [1.82, 2.24) is 4.98 Å². The molecule has 2 rings (SSSR count). The summed E-state index contributed by atoms with van der Waals surface area (Å²) in [5.41, 5.74) is 0.505. The van der Waals surface area contributed by atoms with Crippen molar-refractivity contribution >= 4 is 5.97 Å². The number of benzene rings is 1. The molecular formula is C17H15F4NO3. The van der Waals surface area contributed by atoms with Gasteiger partial charge in [-0.1, -0.05) is 6.07 Å². The Hall–Kier alpha value is -2.64. The number of esters is 1. The molecule has 0 saturated heterocycles. The maximum Gasteiger partial charge on any atom is 0.425 e. The summed E-state index contributed by atoms with van der Waals surface area (Å²) in [7, 11) is 1.03. The van der Waals surface area contributed by atoms with Crippen LogP contribution in [0.2, 0.25) is 0 Å². The van der Waals surface area contributed by atoms with E-state index < -0.39 is 35.4 Å². The first-order chi connectivity index (χ1) is 11.6. The Morgan fingerprint density at radius 3 is 2.44 bits per heavy atom. The lowest BCUT2D eigenvalue weighted by Crippen LogP contribution is -2.31. The van der Waals surface area contributed by atoms with Crippen LogP contribution in [0.4, 0.5) is 17.6 Å². The van der Waals surface area contributed by atoms with Crippen molar-refractivity contribution < 1.29 is 31.8 Å². The lowest BCUT2D eigenvalue weighted by Gasteiger charge is -2.20. The van der Waals surface area contributed by atoms with Gasteiger partial charge in [-0.05, 0) is 37.6 Å². The number of pyridine rings is 1. The van der Waals surface area contributed by atoms with E-state index >= 15 is 0 Å². The zero-order valence-electron chi connectivity index (χ0n) is 13.6. The van der Waals surface area contributed by atoms with Crippen molar-refractivity contribution in [3.8, 4) is 17.0 Å². The molecule has 0 N–H and O–H groups in total. The van der Waals surface area contributed by atoms with Gasteiger partial charge in [0.15, 0.2) is 6.10 Å². The van der Waals surface area contributed by atoms with Crippen molar-refractivity contribution in [3.63, 3.8) is 0 Å². The van der Waals surface area contributed by atoms with Crippen LogP contribution in [0.1, 0.15) is 22.8 Å². The van der Waals surface area contributed by atoms with Crippen LogP contribution in [0.25, 0.3) is 11.3 Å². The smallest absolute Gasteiger partial charge is 0.425 e. The zero-order valence-corrected chi connectivity index (χ0v) is 13.6. The fraction of sp³-hybridized carbons (Fsp3) is 0.294. The highest BCUT2D eigenvalue weighted by Crippen LogP contribution is 2.33. The second-order valence-electron chi connectivity index (χ2n) is 5.34. The van der Waals surface area contributed by atoms with Gasteiger partial charge in [-0.15, -0.1) is 0 Å². The summed E-state index contributed by atoms with van der Waals surface area (Å²) in [6, 6.07) is 4.99. The maximum absolute atomic E-state index is 14.4. The van der Waals surface area contributed by atoms with E-state index in [1.165, 1.54) is 12.3 Å². The molecule has 0 aliphatic rings. The van der Waals surface area contributed by atoms with E-state index in [4.69, 9.17) is 4.74 Å². The van der Waals surface area contributed by atoms with E-state index in [9.17, 15) is 22.4 Å². The van der Waals surface area contributed by atoms with Crippen LogP contribution in [0.3, 0.4) is 0 Å². The average molecular weight is 357 g/mol. The Balaban J connectivity index is 2.55. The molecule has 1 heterocycles. The largest absolute Gasteiger partial charge is 0.480 e. The number of aromatic nitrogens is 1. The van der Waals surface area contributed by atoms with Gasteiger partial charge in [0.25, 0.3) is 0 Å². The van der Waals surface area contributed by atoms with Gasteiger partial charge in [0.05, 0.1) is 12.8 Å². The van der Waals surface area contributed by atoms with Crippen LogP contribution in [0, 0.1) is 12.7 Å². The van der Waals surface area contributed by atoms with Gasteiger partial charge in [-0.2, -0.15) is 13.2 Å². The summed E-state index contributed by atoms with van der Waals surface area (Å²) in [5, 5.41) is 0. The molecule has 0 saturated carbocycles. The number of nitrogens with zero attached hydrogens (tertiary/aromatic N) is 1. The normalized spacial score (nSPS) is 12.6. The average Bonchev–Trinajstić information content (AvgIpc) is 2.55. The second-order valence-corrected chi connectivity index (χ2v) is 5.34. The number of aryl methyl sites for hydroxylation is 1. The number of ether oxygens (including phenoxy) is 2. The van der Waals surface area contributed by atoms with Crippen LogP contribution in [0.15, 0.2) is 30.5 Å². The predicted molar refractivity (Wildman–Crippen MR) is 81.9 cm³/mol. The summed E-state index contributed by atoms with van der Waals surface area (Å²) in [5.74, 6) is -2.27. The van der Waals surface area contributed by atoms with E-state index in [0.717, 1.165) is 31.7 Å². The fourth-order valence-electron chi connectivity index (χ4n) is 2.00. The fourth-order valence-corrected chi connectivity index (χ4v) is 2.00. The molecule has 25 heavy (non-hydrogen) atoms. The number of hydrogen-bond acceptors (Lipinski definition) is 4. The Kier molecular flexibility index (Phi) is 5.30. The molecule has 8 heteroatoms. The van der Waals surface area contributed by atoms with Crippen molar-refractivity contribution in [2.75, 3.05) is 7.11 Å². The molecule has 1 unspecified atom stereocenters. The number of carbonyl (C=O) groups is 1. The zero-order chi connectivity index (χ0) is 18.8. The van der Waals surface area contributed by atoms with Gasteiger partial charge in [0.2, 0.25) is 0 Å². The molecule has 0 radical (unpaired) electrons. The topological polar surface area (TPSA) is 48.4 Å². The van der Waals surface area contributed by atoms with Gasteiger partial charge in [-0.3, -0.25) is 4.98 Å². The number of methoxy groups -OCH3 is 1. The van der Waals surface area contributed by atoms with Crippen molar-refractivity contribution in [1.29, 1.82) is 0 Å². The molecule has 134 valence electrons. The van der Waals surface area contributed by atoms with Crippen LogP contribution in [-0.2, 0) is 4.74 Å². The monoisotopic (exact) mass is 357 g/mol. The van der Waals surface area contributed by atoms with Gasteiger partial charge in [0, 0.05) is 11.8 Å². The highest BCUT2D eigenvalue weighted by Gasteiger charge is 2.39. The maximum atomic E-state index is 14.4. The lowest BCUT2D eigenvalue weighted by atomic mass is 10.1. The SMILES string of the molecule is COC(=O)c1cc(F)c(-c2ccc(C)cn2)cc1OC(C)C(F)(F)F. The molecule has 2 aromatic rings. The number of alkyl halides is 3. The van der Waals surface area contributed by atoms with Gasteiger partial charge < -0.3 is 9.47 Å². The molecule has 0 fully saturated rings. The van der Waals surface area contributed by atoms with E-state index in [2.05, 4.69) is 9.72 Å². The van der Waals surface area contributed by atoms with E-state index in [-0.39, 0.29) is 11.3 Å². The van der Waals surface area contributed by atoms with Crippen molar-refractivity contribution in [2.24, 2.45) is 0 Å². The van der Waals surface area contributed by atoms with Crippen LogP contribution in [0.5, 0.6) is 5.75 Å². The first-order valence-electron chi connectivity index (χ1n) is 7.21. The Morgan fingerprint density at radius 2 is 1.92 bits per heavy atom. The van der Waals surface area contributed by atoms with E-state index in [1.807, 2.05) is 0 Å². The van der Waals surface area contributed by atoms with Gasteiger partial charge >= 0.3 is 12.1 Å². The highest BCUT2D eigenvalue weighted by atomic mass is 19.4. The summed E-state index contributed by atoms with van der Waals surface area (Å²) >= 11 is 0. The first kappa shape index (κ1) is 18.7. The molecule has 0 spiro atoms. The third-order valence-electron chi connectivity index (χ3n) is 3.43. The molecule has 0 aliphatic carbocycles. The molecule has 0 aliphatic heterocycles. The van der Waals surface area contributed by atoms with Gasteiger partial charge in [-0.25, -0.2) is 9.18 Å². The quantitative estimate of drug-likeness (QED) is 0.604. The van der Waals surface area contributed by atoms with Crippen LogP contribution < -0.4 is 4.74 Å². The summed E-state index contributed by atoms with van der Waals surface area (Å²) in [4.78, 5) is 15.8. The third kappa shape index (κ3) is 4.26. The van der Waals surface area contributed by atoms with E-state index in [1.54, 1.807) is 13.0 Å². The number of rotatable bonds is 4. The summed E-state index contributed by atoms with van der Waals surface area (Å²) in [6.45, 7) is 2.57. The number of hydrogen-bond donors (Lipinski definition) is 0. The van der Waals surface area contributed by atoms with Crippen LogP contribution in [-0.4, -0.2) is 30.3 Å². The molecule has 0 bridgehead atoms.